The Balaban J connectivity index is 1.58. The van der Waals surface area contributed by atoms with E-state index in [0.717, 1.165) is 10.9 Å². The molecule has 10 nitrogen and oxygen atoms in total. The van der Waals surface area contributed by atoms with Crippen LogP contribution in [-0.4, -0.2) is 39.3 Å². The van der Waals surface area contributed by atoms with Crippen molar-refractivity contribution in [3.8, 4) is 17.5 Å². The number of aromatic nitrogens is 2. The lowest BCUT2D eigenvalue weighted by atomic mass is 10.1. The predicted molar refractivity (Wildman–Crippen MR) is 105 cm³/mol. The first kappa shape index (κ1) is 19.2. The van der Waals surface area contributed by atoms with Crippen molar-refractivity contribution in [2.24, 2.45) is 0 Å². The first-order valence-corrected chi connectivity index (χ1v) is 10.1. The van der Waals surface area contributed by atoms with Crippen molar-refractivity contribution in [1.29, 1.82) is 0 Å². The maximum atomic E-state index is 13.0. The first-order chi connectivity index (χ1) is 14.0. The van der Waals surface area contributed by atoms with Gasteiger partial charge in [-0.1, -0.05) is 24.3 Å². The summed E-state index contributed by atoms with van der Waals surface area (Å²) in [6.45, 7) is 0.382. The van der Waals surface area contributed by atoms with Crippen LogP contribution < -0.4 is 29.8 Å². The average Bonchev–Trinajstić information content (AvgIpc) is 3.22. The SMILES string of the molecule is COc1cc(OC)nc(NCNS(=O)(=O)c2cccc3ccc4c(c23)ONC4)n1. The highest BCUT2D eigenvalue weighted by atomic mass is 32.2. The molecule has 2 heterocycles. The van der Waals surface area contributed by atoms with E-state index in [4.69, 9.17) is 14.3 Å². The Labute approximate surface area is 167 Å². The van der Waals surface area contributed by atoms with Gasteiger partial charge in [-0.05, 0) is 11.5 Å². The minimum absolute atomic E-state index is 0.126. The molecule has 0 radical (unpaired) electrons. The maximum Gasteiger partial charge on any atom is 0.242 e. The van der Waals surface area contributed by atoms with Crippen molar-refractivity contribution in [2.75, 3.05) is 26.2 Å². The summed E-state index contributed by atoms with van der Waals surface area (Å²) >= 11 is 0. The zero-order chi connectivity index (χ0) is 20.4. The van der Waals surface area contributed by atoms with Crippen molar-refractivity contribution in [3.63, 3.8) is 0 Å². The number of ether oxygens (including phenoxy) is 2. The number of rotatable bonds is 7. The monoisotopic (exact) mass is 417 g/mol. The predicted octanol–water partition coefficient (Wildman–Crippen LogP) is 1.39. The number of anilines is 1. The van der Waals surface area contributed by atoms with Crippen LogP contribution in [0.25, 0.3) is 10.8 Å². The third kappa shape index (κ3) is 3.75. The number of methoxy groups -OCH3 is 2. The highest BCUT2D eigenvalue weighted by Crippen LogP contribution is 2.36. The third-order valence-electron chi connectivity index (χ3n) is 4.37. The summed E-state index contributed by atoms with van der Waals surface area (Å²) in [5.41, 5.74) is 3.68. The van der Waals surface area contributed by atoms with Gasteiger partial charge in [0.15, 0.2) is 5.75 Å². The van der Waals surface area contributed by atoms with E-state index in [-0.39, 0.29) is 29.3 Å². The summed E-state index contributed by atoms with van der Waals surface area (Å²) < 4.78 is 38.6. The Morgan fingerprint density at radius 1 is 1.14 bits per heavy atom. The maximum absolute atomic E-state index is 13.0. The molecule has 0 aliphatic carbocycles. The summed E-state index contributed by atoms with van der Waals surface area (Å²) in [5, 5.41) is 4.10. The van der Waals surface area contributed by atoms with E-state index in [1.807, 2.05) is 18.2 Å². The van der Waals surface area contributed by atoms with Gasteiger partial charge in [0.05, 0.1) is 38.4 Å². The number of hydroxylamine groups is 1. The quantitative estimate of drug-likeness (QED) is 0.489. The van der Waals surface area contributed by atoms with Gasteiger partial charge in [-0.25, -0.2) is 8.42 Å². The molecule has 0 fully saturated rings. The minimum Gasteiger partial charge on any atom is -0.481 e. The van der Waals surface area contributed by atoms with Crippen LogP contribution in [0.5, 0.6) is 17.5 Å². The second-order valence-electron chi connectivity index (χ2n) is 6.11. The van der Waals surface area contributed by atoms with Gasteiger partial charge in [-0.2, -0.15) is 20.2 Å². The number of benzene rings is 2. The Kier molecular flexibility index (Phi) is 5.09. The largest absolute Gasteiger partial charge is 0.481 e. The van der Waals surface area contributed by atoms with Crippen LogP contribution in [-0.2, 0) is 16.6 Å². The lowest BCUT2D eigenvalue weighted by molar-refractivity contribution is 0.226. The van der Waals surface area contributed by atoms with Gasteiger partial charge < -0.3 is 19.6 Å². The van der Waals surface area contributed by atoms with E-state index in [0.29, 0.717) is 17.7 Å². The van der Waals surface area contributed by atoms with Crippen molar-refractivity contribution < 1.29 is 22.7 Å². The normalized spacial score (nSPS) is 13.0. The van der Waals surface area contributed by atoms with Crippen LogP contribution in [0.3, 0.4) is 0 Å². The zero-order valence-corrected chi connectivity index (χ0v) is 16.5. The molecule has 11 heteroatoms. The number of hydrogen-bond donors (Lipinski definition) is 3. The number of nitrogens with one attached hydrogen (secondary N) is 3. The molecule has 3 N–H and O–H groups in total. The molecule has 29 heavy (non-hydrogen) atoms. The summed E-state index contributed by atoms with van der Waals surface area (Å²) in [5.74, 6) is 1.26. The van der Waals surface area contributed by atoms with Crippen LogP contribution in [0.1, 0.15) is 5.56 Å². The van der Waals surface area contributed by atoms with E-state index in [9.17, 15) is 8.42 Å². The highest BCUT2D eigenvalue weighted by Gasteiger charge is 2.24. The molecule has 0 amide bonds. The Bertz CT molecular complexity index is 1150. The summed E-state index contributed by atoms with van der Waals surface area (Å²) in [4.78, 5) is 13.8. The number of fused-ring (bicyclic) bond motifs is 3. The van der Waals surface area contributed by atoms with Crippen LogP contribution in [0.2, 0.25) is 0 Å². The molecule has 1 aliphatic rings. The summed E-state index contributed by atoms with van der Waals surface area (Å²) in [7, 11) is -0.923. The van der Waals surface area contributed by atoms with E-state index < -0.39 is 10.0 Å². The van der Waals surface area contributed by atoms with Gasteiger partial charge in [0.1, 0.15) is 0 Å². The van der Waals surface area contributed by atoms with Gasteiger partial charge in [-0.3, -0.25) is 0 Å². The topological polar surface area (TPSA) is 124 Å². The number of sulfonamides is 1. The summed E-state index contributed by atoms with van der Waals surface area (Å²) in [6.07, 6.45) is 0. The van der Waals surface area contributed by atoms with Crippen molar-refractivity contribution in [3.05, 3.63) is 42.0 Å². The fraction of sp³-hybridized carbons (Fsp3) is 0.222. The lowest BCUT2D eigenvalue weighted by Gasteiger charge is -2.13. The molecule has 3 aromatic rings. The molecule has 2 aromatic carbocycles. The number of nitrogens with zero attached hydrogens (tertiary/aromatic N) is 2. The molecular formula is C18H19N5O5S. The molecule has 0 unspecified atom stereocenters. The van der Waals surface area contributed by atoms with E-state index in [1.54, 1.807) is 6.07 Å². The Morgan fingerprint density at radius 3 is 2.62 bits per heavy atom. The van der Waals surface area contributed by atoms with Crippen LogP contribution >= 0.6 is 0 Å². The zero-order valence-electron chi connectivity index (χ0n) is 15.7. The van der Waals surface area contributed by atoms with E-state index in [2.05, 4.69) is 25.5 Å². The minimum atomic E-state index is -3.85. The average molecular weight is 417 g/mol. The standard InChI is InChI=1S/C18H19N5O5S/c1-26-14-8-15(27-2)23-18(22-14)19-10-21-29(24,25)13-5-3-4-11-6-7-12-9-20-28-17(12)16(11)13/h3-8,20-21H,9-10H2,1-2H3,(H,19,22,23). The van der Waals surface area contributed by atoms with Crippen molar-refractivity contribution in [2.45, 2.75) is 11.4 Å². The van der Waals surface area contributed by atoms with Gasteiger partial charge in [0, 0.05) is 10.9 Å². The van der Waals surface area contributed by atoms with Crippen molar-refractivity contribution >= 4 is 26.7 Å². The lowest BCUT2D eigenvalue weighted by Crippen LogP contribution is -2.30. The molecule has 1 aromatic heterocycles. The van der Waals surface area contributed by atoms with Gasteiger partial charge in [0.25, 0.3) is 0 Å². The highest BCUT2D eigenvalue weighted by molar-refractivity contribution is 7.89. The van der Waals surface area contributed by atoms with Gasteiger partial charge in [-0.15, -0.1) is 0 Å². The second kappa shape index (κ2) is 7.70. The molecule has 0 saturated heterocycles. The molecule has 152 valence electrons. The van der Waals surface area contributed by atoms with Crippen LogP contribution in [0.4, 0.5) is 5.95 Å². The first-order valence-electron chi connectivity index (χ1n) is 8.67. The Morgan fingerprint density at radius 2 is 1.90 bits per heavy atom. The molecule has 0 bridgehead atoms. The van der Waals surface area contributed by atoms with E-state index >= 15 is 0 Å². The number of hydrogen-bond acceptors (Lipinski definition) is 9. The summed E-state index contributed by atoms with van der Waals surface area (Å²) in [6, 6.07) is 10.4. The smallest absolute Gasteiger partial charge is 0.242 e. The molecule has 0 atom stereocenters. The fourth-order valence-corrected chi connectivity index (χ4v) is 4.16. The fourth-order valence-electron chi connectivity index (χ4n) is 3.00. The second-order valence-corrected chi connectivity index (χ2v) is 7.84. The van der Waals surface area contributed by atoms with Crippen molar-refractivity contribution in [1.82, 2.24) is 20.2 Å². The Hall–Kier alpha value is -3.15. The van der Waals surface area contributed by atoms with Crippen LogP contribution in [0.15, 0.2) is 41.3 Å². The molecule has 4 rings (SSSR count). The molecule has 1 aliphatic heterocycles. The van der Waals surface area contributed by atoms with E-state index in [1.165, 1.54) is 26.4 Å². The molecule has 0 saturated carbocycles. The molecule has 0 spiro atoms. The third-order valence-corrected chi connectivity index (χ3v) is 5.82. The van der Waals surface area contributed by atoms with Crippen LogP contribution in [0, 0.1) is 0 Å². The molecular weight excluding hydrogens is 398 g/mol. The van der Waals surface area contributed by atoms with Gasteiger partial charge >= 0.3 is 0 Å². The van der Waals surface area contributed by atoms with Gasteiger partial charge in [0.2, 0.25) is 27.7 Å².